The molecule has 0 radical (unpaired) electrons. The number of amides is 1. The fraction of sp³-hybridized carbons (Fsp3) is 0.524. The molecule has 27 heavy (non-hydrogen) atoms. The number of hydrogen-bond donors (Lipinski definition) is 1. The lowest BCUT2D eigenvalue weighted by molar-refractivity contribution is -0.130. The molecule has 1 saturated heterocycles. The third-order valence-corrected chi connectivity index (χ3v) is 6.71. The number of fused-ring (bicyclic) bond motifs is 1. The molecule has 2 fully saturated rings. The molecule has 0 aromatic carbocycles. The van der Waals surface area contributed by atoms with E-state index in [2.05, 4.69) is 32.0 Å². The van der Waals surface area contributed by atoms with Crippen molar-refractivity contribution in [1.29, 1.82) is 0 Å². The van der Waals surface area contributed by atoms with Crippen LogP contribution in [0.3, 0.4) is 0 Å². The molecule has 1 aliphatic carbocycles. The maximum Gasteiger partial charge on any atom is 0.222 e. The van der Waals surface area contributed by atoms with Gasteiger partial charge in [0.25, 0.3) is 0 Å². The Morgan fingerprint density at radius 2 is 2.15 bits per heavy atom. The minimum absolute atomic E-state index is 0.161. The molecule has 2 aliphatic rings. The van der Waals surface area contributed by atoms with Crippen molar-refractivity contribution in [3.8, 4) is 0 Å². The van der Waals surface area contributed by atoms with Crippen LogP contribution in [0, 0.1) is 11.8 Å². The van der Waals surface area contributed by atoms with Crippen LogP contribution in [0.5, 0.6) is 0 Å². The topological polar surface area (TPSA) is 54.5 Å². The van der Waals surface area contributed by atoms with Crippen LogP contribution in [0.15, 0.2) is 41.2 Å². The van der Waals surface area contributed by atoms with Gasteiger partial charge in [0, 0.05) is 32.8 Å². The summed E-state index contributed by atoms with van der Waals surface area (Å²) in [4.78, 5) is 19.1. The Morgan fingerprint density at radius 1 is 1.30 bits per heavy atom. The highest BCUT2D eigenvalue weighted by atomic mass is 32.1. The molecule has 1 N–H and O–H groups in total. The van der Waals surface area contributed by atoms with Crippen LogP contribution >= 0.6 is 11.3 Å². The van der Waals surface area contributed by atoms with Gasteiger partial charge in [-0.3, -0.25) is 4.79 Å². The molecule has 0 unspecified atom stereocenters. The van der Waals surface area contributed by atoms with E-state index < -0.39 is 0 Å². The number of carbonyl (C=O) groups excluding carboxylic acids is 1. The Bertz CT molecular complexity index is 737. The molecule has 6 heteroatoms. The first kappa shape index (κ1) is 18.4. The largest absolute Gasteiger partial charge is 0.379 e. The van der Waals surface area contributed by atoms with E-state index in [4.69, 9.17) is 4.74 Å². The highest BCUT2D eigenvalue weighted by Crippen LogP contribution is 2.38. The monoisotopic (exact) mass is 385 g/mol. The van der Waals surface area contributed by atoms with E-state index >= 15 is 0 Å². The predicted molar refractivity (Wildman–Crippen MR) is 108 cm³/mol. The Hall–Kier alpha value is -1.92. The summed E-state index contributed by atoms with van der Waals surface area (Å²) in [6, 6.07) is 8.26. The van der Waals surface area contributed by atoms with Gasteiger partial charge in [-0.1, -0.05) is 6.07 Å². The molecule has 1 amide bonds. The van der Waals surface area contributed by atoms with Crippen LogP contribution in [-0.4, -0.2) is 48.1 Å². The van der Waals surface area contributed by atoms with Gasteiger partial charge in [0.2, 0.25) is 5.91 Å². The second-order valence-corrected chi connectivity index (χ2v) is 8.44. The van der Waals surface area contributed by atoms with E-state index in [-0.39, 0.29) is 12.1 Å². The number of thiophene rings is 1. The lowest BCUT2D eigenvalue weighted by Crippen LogP contribution is -2.44. The lowest BCUT2D eigenvalue weighted by atomic mass is 9.77. The number of anilines is 1. The number of pyridine rings is 1. The minimum atomic E-state index is 0.161. The first-order chi connectivity index (χ1) is 13.2. The Kier molecular flexibility index (Phi) is 5.74. The Morgan fingerprint density at radius 3 is 2.85 bits per heavy atom. The summed E-state index contributed by atoms with van der Waals surface area (Å²) in [6.07, 6.45) is 5.44. The number of carbonyl (C=O) groups is 1. The van der Waals surface area contributed by atoms with Crippen LogP contribution in [0.1, 0.15) is 24.8 Å². The molecule has 1 saturated carbocycles. The van der Waals surface area contributed by atoms with Gasteiger partial charge < -0.3 is 15.0 Å². The predicted octanol–water partition coefficient (Wildman–Crippen LogP) is 3.44. The van der Waals surface area contributed by atoms with Gasteiger partial charge in [-0.25, -0.2) is 4.98 Å². The minimum Gasteiger partial charge on any atom is -0.379 e. The smallest absolute Gasteiger partial charge is 0.222 e. The van der Waals surface area contributed by atoms with Crippen molar-refractivity contribution < 1.29 is 9.53 Å². The number of nitrogens with one attached hydrogen (secondary N) is 1. The van der Waals surface area contributed by atoms with Crippen molar-refractivity contribution in [2.24, 2.45) is 11.8 Å². The van der Waals surface area contributed by atoms with Gasteiger partial charge in [0.05, 0.1) is 12.1 Å². The summed E-state index contributed by atoms with van der Waals surface area (Å²) in [5, 5.41) is 7.75. The SMILES string of the molecule is CO[C@@H]1C[C@H]2CN(C(=O)CCc3ccsc3)C[C@H]2C[C@H]1Nc1ccccn1. The van der Waals surface area contributed by atoms with Crippen LogP contribution in [0.2, 0.25) is 0 Å². The molecule has 144 valence electrons. The number of likely N-dealkylation sites (tertiary alicyclic amines) is 1. The number of rotatable bonds is 6. The highest BCUT2D eigenvalue weighted by molar-refractivity contribution is 7.07. The highest BCUT2D eigenvalue weighted by Gasteiger charge is 2.43. The second kappa shape index (κ2) is 8.40. The van der Waals surface area contributed by atoms with E-state index in [9.17, 15) is 4.79 Å². The van der Waals surface area contributed by atoms with Crippen molar-refractivity contribution in [1.82, 2.24) is 9.88 Å². The molecular formula is C21H27N3O2S. The molecule has 2 aromatic heterocycles. The summed E-state index contributed by atoms with van der Waals surface area (Å²) in [7, 11) is 1.79. The first-order valence-electron chi connectivity index (χ1n) is 9.72. The summed E-state index contributed by atoms with van der Waals surface area (Å²) in [6.45, 7) is 1.76. The van der Waals surface area contributed by atoms with Gasteiger partial charge in [0.1, 0.15) is 5.82 Å². The Balaban J connectivity index is 1.35. The first-order valence-corrected chi connectivity index (χ1v) is 10.7. The fourth-order valence-corrected chi connectivity index (χ4v) is 5.21. The van der Waals surface area contributed by atoms with E-state index in [1.54, 1.807) is 24.6 Å². The standard InChI is InChI=1S/C21H27N3O2S/c1-26-19-11-17-13-24(21(25)6-5-15-7-9-27-14-15)12-16(17)10-18(19)23-20-4-2-3-8-22-20/h2-4,7-9,14,16-19H,5-6,10-13H2,1H3,(H,22,23)/t16-,17+,18-,19-/m1/s1. The van der Waals surface area contributed by atoms with Crippen LogP contribution < -0.4 is 5.32 Å². The summed E-state index contributed by atoms with van der Waals surface area (Å²) < 4.78 is 5.78. The quantitative estimate of drug-likeness (QED) is 0.828. The number of aryl methyl sites for hydroxylation is 1. The number of methoxy groups -OCH3 is 1. The number of ether oxygens (including phenoxy) is 1. The van der Waals surface area contributed by atoms with Crippen molar-refractivity contribution in [2.75, 3.05) is 25.5 Å². The van der Waals surface area contributed by atoms with Gasteiger partial charge >= 0.3 is 0 Å². The molecule has 3 heterocycles. The zero-order valence-corrected chi connectivity index (χ0v) is 16.5. The third kappa shape index (κ3) is 4.33. The fourth-order valence-electron chi connectivity index (χ4n) is 4.51. The maximum absolute atomic E-state index is 12.7. The van der Waals surface area contributed by atoms with Crippen LogP contribution in [0.4, 0.5) is 5.82 Å². The van der Waals surface area contributed by atoms with E-state index in [1.165, 1.54) is 5.56 Å². The summed E-state index contributed by atoms with van der Waals surface area (Å²) in [5.41, 5.74) is 1.27. The van der Waals surface area contributed by atoms with Crippen LogP contribution in [-0.2, 0) is 16.0 Å². The molecule has 5 nitrogen and oxygen atoms in total. The zero-order chi connectivity index (χ0) is 18.6. The van der Waals surface area contributed by atoms with Crippen LogP contribution in [0.25, 0.3) is 0 Å². The second-order valence-electron chi connectivity index (χ2n) is 7.66. The molecule has 0 spiro atoms. The van der Waals surface area contributed by atoms with E-state index in [1.807, 2.05) is 18.2 Å². The maximum atomic E-state index is 12.7. The summed E-state index contributed by atoms with van der Waals surface area (Å²) >= 11 is 1.69. The van der Waals surface area contributed by atoms with Gasteiger partial charge in [-0.15, -0.1) is 0 Å². The molecule has 0 bridgehead atoms. The third-order valence-electron chi connectivity index (χ3n) is 5.98. The van der Waals surface area contributed by atoms with Crippen molar-refractivity contribution >= 4 is 23.1 Å². The number of hydrogen-bond acceptors (Lipinski definition) is 5. The normalized spacial score (nSPS) is 27.4. The molecule has 4 atom stereocenters. The average molecular weight is 386 g/mol. The van der Waals surface area contributed by atoms with Crippen molar-refractivity contribution in [3.05, 3.63) is 46.8 Å². The van der Waals surface area contributed by atoms with Gasteiger partial charge in [-0.2, -0.15) is 11.3 Å². The number of aromatic nitrogens is 1. The average Bonchev–Trinajstić information content (AvgIpc) is 3.35. The molecule has 1 aliphatic heterocycles. The van der Waals surface area contributed by atoms with Crippen molar-refractivity contribution in [2.45, 2.75) is 37.8 Å². The van der Waals surface area contributed by atoms with Gasteiger partial charge in [0.15, 0.2) is 0 Å². The molecule has 2 aromatic rings. The van der Waals surface area contributed by atoms with E-state index in [0.29, 0.717) is 24.2 Å². The van der Waals surface area contributed by atoms with Gasteiger partial charge in [-0.05, 0) is 65.6 Å². The zero-order valence-electron chi connectivity index (χ0n) is 15.7. The Labute approximate surface area is 164 Å². The number of nitrogens with zero attached hydrogens (tertiary/aromatic N) is 2. The van der Waals surface area contributed by atoms with E-state index in [0.717, 1.165) is 38.2 Å². The lowest BCUT2D eigenvalue weighted by Gasteiger charge is -2.37. The van der Waals surface area contributed by atoms with Crippen molar-refractivity contribution in [3.63, 3.8) is 0 Å². The molecular weight excluding hydrogens is 358 g/mol. The summed E-state index contributed by atoms with van der Waals surface area (Å²) in [5.74, 6) is 2.27. The molecule has 4 rings (SSSR count).